The van der Waals surface area contributed by atoms with Crippen LogP contribution in [0.3, 0.4) is 0 Å². The lowest BCUT2D eigenvalue weighted by Gasteiger charge is -2.17. The van der Waals surface area contributed by atoms with Crippen LogP contribution in [-0.2, 0) is 14.8 Å². The fraction of sp³-hybridized carbons (Fsp3) is 0.381. The van der Waals surface area contributed by atoms with Crippen molar-refractivity contribution in [2.45, 2.75) is 11.0 Å². The van der Waals surface area contributed by atoms with Gasteiger partial charge in [-0.25, -0.2) is 13.1 Å². The number of hydrogen-bond acceptors (Lipinski definition) is 8. The van der Waals surface area contributed by atoms with Gasteiger partial charge in [0.05, 0.1) is 25.7 Å². The summed E-state index contributed by atoms with van der Waals surface area (Å²) in [7, 11) is 0.660. The zero-order valence-electron chi connectivity index (χ0n) is 18.2. The van der Waals surface area contributed by atoms with E-state index in [9.17, 15) is 18.3 Å². The number of para-hydroxylation sites is 1. The first-order valence-electron chi connectivity index (χ1n) is 9.71. The maximum atomic E-state index is 12.4. The summed E-state index contributed by atoms with van der Waals surface area (Å²) in [6, 6.07) is 10.7. The molecule has 0 aliphatic rings. The lowest BCUT2D eigenvalue weighted by Crippen LogP contribution is -2.35. The zero-order valence-corrected chi connectivity index (χ0v) is 19.0. The van der Waals surface area contributed by atoms with Crippen molar-refractivity contribution in [3.63, 3.8) is 0 Å². The molecule has 0 saturated carbocycles. The smallest absolute Gasteiger partial charge is 0.251 e. The fourth-order valence-corrected chi connectivity index (χ4v) is 3.73. The number of sulfonamides is 1. The third-order valence-corrected chi connectivity index (χ3v) is 5.76. The van der Waals surface area contributed by atoms with Gasteiger partial charge in [0.2, 0.25) is 15.8 Å². The minimum absolute atomic E-state index is 0.0478. The van der Waals surface area contributed by atoms with Crippen LogP contribution in [-0.4, -0.2) is 73.2 Å². The number of carbonyl (C=O) groups excluding carboxylic acids is 1. The quantitative estimate of drug-likeness (QED) is 0.368. The minimum atomic E-state index is -3.78. The van der Waals surface area contributed by atoms with Crippen molar-refractivity contribution in [3.05, 3.63) is 48.0 Å². The number of carbonyl (C=O) groups is 1. The second-order valence-corrected chi connectivity index (χ2v) is 8.35. The number of benzene rings is 2. The van der Waals surface area contributed by atoms with Crippen LogP contribution in [0.25, 0.3) is 0 Å². The molecule has 2 aromatic rings. The molecule has 0 aliphatic carbocycles. The van der Waals surface area contributed by atoms with E-state index in [0.717, 1.165) is 0 Å². The Hall–Kier alpha value is -2.86. The fourth-order valence-electron chi connectivity index (χ4n) is 2.68. The average Bonchev–Trinajstić information content (AvgIpc) is 2.81. The summed E-state index contributed by atoms with van der Waals surface area (Å²) >= 11 is 0. The number of aliphatic hydroxyl groups excluding tert-OH is 1. The highest BCUT2D eigenvalue weighted by Gasteiger charge is 2.17. The van der Waals surface area contributed by atoms with Crippen molar-refractivity contribution in [2.75, 3.05) is 47.6 Å². The Morgan fingerprint density at radius 2 is 1.72 bits per heavy atom. The van der Waals surface area contributed by atoms with Crippen LogP contribution in [0.1, 0.15) is 10.4 Å². The number of methoxy groups -OCH3 is 3. The normalized spacial score (nSPS) is 12.1. The maximum Gasteiger partial charge on any atom is 0.251 e. The van der Waals surface area contributed by atoms with Gasteiger partial charge >= 0.3 is 0 Å². The number of rotatable bonds is 13. The van der Waals surface area contributed by atoms with Crippen LogP contribution >= 0.6 is 0 Å². The zero-order chi connectivity index (χ0) is 23.6. The summed E-state index contributed by atoms with van der Waals surface area (Å²) < 4.78 is 47.9. The molecule has 176 valence electrons. The molecule has 1 atom stereocenters. The van der Waals surface area contributed by atoms with Gasteiger partial charge in [-0.3, -0.25) is 4.79 Å². The highest BCUT2D eigenvalue weighted by atomic mass is 32.2. The minimum Gasteiger partial charge on any atom is -0.493 e. The van der Waals surface area contributed by atoms with Crippen LogP contribution < -0.4 is 24.2 Å². The summed E-state index contributed by atoms with van der Waals surface area (Å²) in [6.45, 7) is 0.0900. The first-order chi connectivity index (χ1) is 15.3. The summed E-state index contributed by atoms with van der Waals surface area (Å²) in [5.41, 5.74) is 0.138. The molecule has 10 nitrogen and oxygen atoms in total. The molecular weight excluding hydrogens is 440 g/mol. The van der Waals surface area contributed by atoms with Crippen LogP contribution in [0.5, 0.6) is 17.2 Å². The van der Waals surface area contributed by atoms with Gasteiger partial charge in [-0.05, 0) is 30.3 Å². The third-order valence-electron chi connectivity index (χ3n) is 4.31. The maximum absolute atomic E-state index is 12.4. The first-order valence-corrected chi connectivity index (χ1v) is 11.2. The molecule has 0 bridgehead atoms. The number of hydrogen-bond donors (Lipinski definition) is 3. The van der Waals surface area contributed by atoms with Crippen molar-refractivity contribution in [3.8, 4) is 17.2 Å². The Morgan fingerprint density at radius 1 is 1.06 bits per heavy atom. The highest BCUT2D eigenvalue weighted by Crippen LogP contribution is 2.36. The molecular formula is C21H28N2O8S. The van der Waals surface area contributed by atoms with E-state index < -0.39 is 22.0 Å². The van der Waals surface area contributed by atoms with E-state index >= 15 is 0 Å². The van der Waals surface area contributed by atoms with Crippen molar-refractivity contribution in [2.24, 2.45) is 0 Å². The number of amides is 1. The Kier molecular flexibility index (Phi) is 9.72. The topological polar surface area (TPSA) is 132 Å². The van der Waals surface area contributed by atoms with Crippen LogP contribution in [0.15, 0.2) is 47.4 Å². The van der Waals surface area contributed by atoms with Gasteiger partial charge in [0.15, 0.2) is 11.5 Å². The molecule has 32 heavy (non-hydrogen) atoms. The van der Waals surface area contributed by atoms with E-state index in [4.69, 9.17) is 18.9 Å². The van der Waals surface area contributed by atoms with Crippen molar-refractivity contribution in [1.82, 2.24) is 10.0 Å². The molecule has 0 radical (unpaired) electrons. The summed E-state index contributed by atoms with van der Waals surface area (Å²) in [4.78, 5) is 12.4. The largest absolute Gasteiger partial charge is 0.493 e. The SMILES string of the molecule is COCCNS(=O)(=O)c1cccc(C(=O)NCC(O)COc2c(OC)cccc2OC)c1. The van der Waals surface area contributed by atoms with Crippen molar-refractivity contribution >= 4 is 15.9 Å². The lowest BCUT2D eigenvalue weighted by molar-refractivity contribution is 0.0833. The van der Waals surface area contributed by atoms with E-state index in [1.54, 1.807) is 18.2 Å². The second kappa shape index (κ2) is 12.2. The second-order valence-electron chi connectivity index (χ2n) is 6.58. The highest BCUT2D eigenvalue weighted by molar-refractivity contribution is 7.89. The summed E-state index contributed by atoms with van der Waals surface area (Å²) in [6.07, 6.45) is -1.03. The predicted molar refractivity (Wildman–Crippen MR) is 117 cm³/mol. The van der Waals surface area contributed by atoms with Gasteiger partial charge < -0.3 is 29.4 Å². The van der Waals surface area contributed by atoms with Gasteiger partial charge in [0.1, 0.15) is 12.7 Å². The molecule has 2 rings (SSSR count). The van der Waals surface area contributed by atoms with E-state index in [-0.39, 0.29) is 36.8 Å². The molecule has 3 N–H and O–H groups in total. The molecule has 0 saturated heterocycles. The molecule has 0 fully saturated rings. The molecule has 0 aromatic heterocycles. The molecule has 0 heterocycles. The van der Waals surface area contributed by atoms with E-state index in [1.807, 2.05) is 0 Å². The molecule has 0 spiro atoms. The Morgan fingerprint density at radius 3 is 2.34 bits per heavy atom. The van der Waals surface area contributed by atoms with Crippen LogP contribution in [0, 0.1) is 0 Å². The van der Waals surface area contributed by atoms with Crippen molar-refractivity contribution in [1.29, 1.82) is 0 Å². The molecule has 0 aliphatic heterocycles. The summed E-state index contributed by atoms with van der Waals surface area (Å²) in [5.74, 6) is 0.685. The van der Waals surface area contributed by atoms with E-state index in [0.29, 0.717) is 17.2 Å². The first kappa shape index (κ1) is 25.4. The Labute approximate surface area is 187 Å². The van der Waals surface area contributed by atoms with Crippen molar-refractivity contribution < 1.29 is 37.3 Å². The molecule has 1 amide bonds. The predicted octanol–water partition coefficient (Wildman–Crippen LogP) is 0.798. The summed E-state index contributed by atoms with van der Waals surface area (Å²) in [5, 5.41) is 12.8. The van der Waals surface area contributed by atoms with E-state index in [2.05, 4.69) is 10.0 Å². The Balaban J connectivity index is 1.94. The molecule has 1 unspecified atom stereocenters. The number of nitrogens with one attached hydrogen (secondary N) is 2. The van der Waals surface area contributed by atoms with Crippen LogP contribution in [0.2, 0.25) is 0 Å². The van der Waals surface area contributed by atoms with E-state index in [1.165, 1.54) is 45.6 Å². The van der Waals surface area contributed by atoms with Crippen LogP contribution in [0.4, 0.5) is 0 Å². The van der Waals surface area contributed by atoms with Gasteiger partial charge in [-0.2, -0.15) is 0 Å². The third kappa shape index (κ3) is 7.09. The van der Waals surface area contributed by atoms with Gasteiger partial charge in [-0.15, -0.1) is 0 Å². The van der Waals surface area contributed by atoms with Gasteiger partial charge in [0.25, 0.3) is 5.91 Å². The molecule has 11 heteroatoms. The Bertz CT molecular complexity index is 975. The number of aliphatic hydroxyl groups is 1. The van der Waals surface area contributed by atoms with Gasteiger partial charge in [-0.1, -0.05) is 12.1 Å². The standard InChI is InChI=1S/C21H28N2O8S/c1-28-11-10-23-32(26,27)17-7-4-6-15(12-17)21(25)22-13-16(24)14-31-20-18(29-2)8-5-9-19(20)30-3/h4-9,12,16,23-24H,10-11,13-14H2,1-3H3,(H,22,25). The van der Waals surface area contributed by atoms with Gasteiger partial charge in [0, 0.05) is 25.8 Å². The average molecular weight is 469 g/mol. The monoisotopic (exact) mass is 468 g/mol. The lowest BCUT2D eigenvalue weighted by atomic mass is 10.2. The number of ether oxygens (including phenoxy) is 4. The molecule has 2 aromatic carbocycles.